The number of esters is 1. The summed E-state index contributed by atoms with van der Waals surface area (Å²) >= 11 is 0. The molecule has 2 atom stereocenters. The topological polar surface area (TPSA) is 61.8 Å². The van der Waals surface area contributed by atoms with Gasteiger partial charge in [0, 0.05) is 6.42 Å². The molecule has 22 heavy (non-hydrogen) atoms. The number of cyclic esters (lactones) is 1. The first kappa shape index (κ1) is 16.3. The summed E-state index contributed by atoms with van der Waals surface area (Å²) in [5, 5.41) is 0. The molecular weight excluding hydrogens is 284 g/mol. The summed E-state index contributed by atoms with van der Waals surface area (Å²) in [6.07, 6.45) is 2.08. The van der Waals surface area contributed by atoms with E-state index in [1.165, 1.54) is 0 Å². The molecule has 1 aliphatic rings. The Kier molecular flexibility index (Phi) is 5.41. The minimum Gasteiger partial charge on any atom is -0.493 e. The van der Waals surface area contributed by atoms with Gasteiger partial charge in [0.05, 0.1) is 14.2 Å². The van der Waals surface area contributed by atoms with Crippen LogP contribution in [-0.2, 0) is 20.7 Å². The van der Waals surface area contributed by atoms with Crippen molar-refractivity contribution in [2.45, 2.75) is 38.7 Å². The smallest absolute Gasteiger partial charge is 0.316 e. The average molecular weight is 306 g/mol. The Morgan fingerprint density at radius 3 is 2.55 bits per heavy atom. The molecule has 1 heterocycles. The molecular formula is C17H22O5. The average Bonchev–Trinajstić information content (AvgIpc) is 2.49. The third-order valence-electron chi connectivity index (χ3n) is 3.89. The summed E-state index contributed by atoms with van der Waals surface area (Å²) in [6, 6.07) is 5.74. The van der Waals surface area contributed by atoms with Crippen molar-refractivity contribution in [1.82, 2.24) is 0 Å². The molecule has 120 valence electrons. The van der Waals surface area contributed by atoms with E-state index in [1.807, 2.05) is 18.2 Å². The molecule has 0 radical (unpaired) electrons. The zero-order valence-electron chi connectivity index (χ0n) is 13.3. The van der Waals surface area contributed by atoms with E-state index < -0.39 is 5.92 Å². The van der Waals surface area contributed by atoms with Crippen LogP contribution in [-0.4, -0.2) is 32.1 Å². The van der Waals surface area contributed by atoms with E-state index in [0.29, 0.717) is 24.3 Å². The Labute approximate surface area is 130 Å². The molecule has 2 unspecified atom stereocenters. The van der Waals surface area contributed by atoms with E-state index in [9.17, 15) is 9.59 Å². The van der Waals surface area contributed by atoms with Crippen LogP contribution in [0.4, 0.5) is 0 Å². The van der Waals surface area contributed by atoms with Gasteiger partial charge in [-0.15, -0.1) is 0 Å². The fourth-order valence-corrected chi connectivity index (χ4v) is 2.70. The number of ether oxygens (including phenoxy) is 3. The summed E-state index contributed by atoms with van der Waals surface area (Å²) in [7, 11) is 3.19. The van der Waals surface area contributed by atoms with Crippen molar-refractivity contribution in [3.63, 3.8) is 0 Å². The zero-order chi connectivity index (χ0) is 16.1. The van der Waals surface area contributed by atoms with Crippen LogP contribution in [0.5, 0.6) is 11.5 Å². The van der Waals surface area contributed by atoms with Gasteiger partial charge in [-0.05, 0) is 43.9 Å². The van der Waals surface area contributed by atoms with Crippen LogP contribution in [0.3, 0.4) is 0 Å². The number of hydrogen-bond donors (Lipinski definition) is 0. The molecule has 0 N–H and O–H groups in total. The summed E-state index contributed by atoms with van der Waals surface area (Å²) in [5.74, 6) is 0.386. The Bertz CT molecular complexity index is 534. The lowest BCUT2D eigenvalue weighted by molar-refractivity contribution is -0.163. The van der Waals surface area contributed by atoms with E-state index in [4.69, 9.17) is 14.2 Å². The molecule has 0 saturated carbocycles. The highest BCUT2D eigenvalue weighted by molar-refractivity contribution is 6.00. The van der Waals surface area contributed by atoms with E-state index in [-0.39, 0.29) is 17.9 Å². The second-order valence-electron chi connectivity index (χ2n) is 5.55. The molecule has 0 aliphatic carbocycles. The predicted octanol–water partition coefficient (Wildman–Crippen LogP) is 2.55. The third kappa shape index (κ3) is 3.78. The minimum atomic E-state index is -0.601. The van der Waals surface area contributed by atoms with Crippen molar-refractivity contribution in [2.24, 2.45) is 5.92 Å². The van der Waals surface area contributed by atoms with Gasteiger partial charge in [0.2, 0.25) is 0 Å². The molecule has 1 aliphatic heterocycles. The number of carbonyl (C=O) groups excluding carboxylic acids is 2. The van der Waals surface area contributed by atoms with Crippen LogP contribution in [0.25, 0.3) is 0 Å². The number of rotatable bonds is 6. The molecule has 5 heteroatoms. The number of aryl methyl sites for hydroxylation is 1. The van der Waals surface area contributed by atoms with E-state index in [1.54, 1.807) is 21.1 Å². The molecule has 0 bridgehead atoms. The van der Waals surface area contributed by atoms with Crippen molar-refractivity contribution in [3.8, 4) is 11.5 Å². The van der Waals surface area contributed by atoms with Gasteiger partial charge < -0.3 is 14.2 Å². The summed E-state index contributed by atoms with van der Waals surface area (Å²) in [6.45, 7) is 1.75. The molecule has 5 nitrogen and oxygen atoms in total. The zero-order valence-corrected chi connectivity index (χ0v) is 13.3. The van der Waals surface area contributed by atoms with Crippen LogP contribution in [0.15, 0.2) is 18.2 Å². The van der Waals surface area contributed by atoms with Gasteiger partial charge in [0.1, 0.15) is 12.0 Å². The van der Waals surface area contributed by atoms with Gasteiger partial charge >= 0.3 is 5.97 Å². The van der Waals surface area contributed by atoms with Crippen molar-refractivity contribution < 1.29 is 23.8 Å². The monoisotopic (exact) mass is 306 g/mol. The van der Waals surface area contributed by atoms with Gasteiger partial charge in [-0.3, -0.25) is 9.59 Å². The first-order chi connectivity index (χ1) is 10.5. The second-order valence-corrected chi connectivity index (χ2v) is 5.55. The highest BCUT2D eigenvalue weighted by Crippen LogP contribution is 2.28. The highest BCUT2D eigenvalue weighted by atomic mass is 16.5. The maximum Gasteiger partial charge on any atom is 0.316 e. The van der Waals surface area contributed by atoms with Crippen molar-refractivity contribution in [3.05, 3.63) is 23.8 Å². The quantitative estimate of drug-likeness (QED) is 0.597. The van der Waals surface area contributed by atoms with Gasteiger partial charge in [-0.2, -0.15) is 0 Å². The van der Waals surface area contributed by atoms with Crippen LogP contribution < -0.4 is 9.47 Å². The van der Waals surface area contributed by atoms with Crippen molar-refractivity contribution in [1.29, 1.82) is 0 Å². The Morgan fingerprint density at radius 2 is 1.91 bits per heavy atom. The molecule has 0 amide bonds. The van der Waals surface area contributed by atoms with Gasteiger partial charge in [0.15, 0.2) is 17.3 Å². The Hall–Kier alpha value is -2.04. The first-order valence-electron chi connectivity index (χ1n) is 7.49. The van der Waals surface area contributed by atoms with Crippen molar-refractivity contribution in [2.75, 3.05) is 14.2 Å². The first-order valence-corrected chi connectivity index (χ1v) is 7.49. The Balaban J connectivity index is 1.91. The fraction of sp³-hybridized carbons (Fsp3) is 0.529. The lowest BCUT2D eigenvalue weighted by atomic mass is 9.91. The number of carbonyl (C=O) groups is 2. The molecule has 0 spiro atoms. The molecule has 1 fully saturated rings. The van der Waals surface area contributed by atoms with E-state index in [0.717, 1.165) is 18.4 Å². The normalized spacial score (nSPS) is 21.4. The molecule has 2 rings (SSSR count). The lowest BCUT2D eigenvalue weighted by Gasteiger charge is -2.24. The number of Topliss-reactive ketones (excluding diaryl/α,β-unsaturated/α-hetero) is 1. The van der Waals surface area contributed by atoms with Crippen LogP contribution in [0.1, 0.15) is 31.7 Å². The molecule has 1 saturated heterocycles. The molecule has 0 aromatic heterocycles. The van der Waals surface area contributed by atoms with Crippen LogP contribution >= 0.6 is 0 Å². The highest BCUT2D eigenvalue weighted by Gasteiger charge is 2.34. The van der Waals surface area contributed by atoms with Gasteiger partial charge in [0.25, 0.3) is 0 Å². The van der Waals surface area contributed by atoms with Crippen LogP contribution in [0, 0.1) is 5.92 Å². The fourth-order valence-electron chi connectivity index (χ4n) is 2.70. The minimum absolute atomic E-state index is 0.00365. The number of hydrogen-bond acceptors (Lipinski definition) is 5. The standard InChI is InChI=1S/C17H22O5/c1-11-9-14(18)13(17(19)22-11)6-4-5-12-7-8-15(20-2)16(10-12)21-3/h7-8,10-11,13H,4-6,9H2,1-3H3. The summed E-state index contributed by atoms with van der Waals surface area (Å²) in [4.78, 5) is 23.7. The maximum atomic E-state index is 11.9. The summed E-state index contributed by atoms with van der Waals surface area (Å²) < 4.78 is 15.6. The molecule has 1 aromatic rings. The summed E-state index contributed by atoms with van der Waals surface area (Å²) in [5.41, 5.74) is 1.09. The largest absolute Gasteiger partial charge is 0.493 e. The van der Waals surface area contributed by atoms with Crippen molar-refractivity contribution >= 4 is 11.8 Å². The van der Waals surface area contributed by atoms with E-state index in [2.05, 4.69) is 0 Å². The van der Waals surface area contributed by atoms with Gasteiger partial charge in [-0.25, -0.2) is 0 Å². The van der Waals surface area contributed by atoms with E-state index >= 15 is 0 Å². The second kappa shape index (κ2) is 7.29. The predicted molar refractivity (Wildman–Crippen MR) is 81.2 cm³/mol. The SMILES string of the molecule is COc1ccc(CCCC2C(=O)CC(C)OC2=O)cc1OC. The third-order valence-corrected chi connectivity index (χ3v) is 3.89. The number of methoxy groups -OCH3 is 2. The molecule has 1 aromatic carbocycles. The number of benzene rings is 1. The lowest BCUT2D eigenvalue weighted by Crippen LogP contribution is -2.37. The maximum absolute atomic E-state index is 11.9. The number of ketones is 1. The van der Waals surface area contributed by atoms with Gasteiger partial charge in [-0.1, -0.05) is 6.07 Å². The Morgan fingerprint density at radius 1 is 1.18 bits per heavy atom. The van der Waals surface area contributed by atoms with Crippen LogP contribution in [0.2, 0.25) is 0 Å².